The van der Waals surface area contributed by atoms with Gasteiger partial charge in [-0.2, -0.15) is 0 Å². The topological polar surface area (TPSA) is 16.3 Å². The number of fused-ring (bicyclic) bond motifs is 6. The lowest BCUT2D eigenvalue weighted by Crippen LogP contribution is -2.30. The first kappa shape index (κ1) is 40.4. The average molecular weight is 865 g/mol. The molecule has 2 unspecified atom stereocenters. The molecule has 0 amide bonds. The van der Waals surface area contributed by atoms with E-state index in [-0.39, 0.29) is 6.04 Å². The maximum absolute atomic E-state index is 2.51. The summed E-state index contributed by atoms with van der Waals surface area (Å²) in [6, 6.07) is 71.6. The molecule has 2 aliphatic rings. The van der Waals surface area contributed by atoms with E-state index in [1.165, 1.54) is 89.0 Å². The Kier molecular flexibility index (Phi) is 10.1. The second-order valence-electron chi connectivity index (χ2n) is 18.4. The molecule has 0 N–H and O–H groups in total. The van der Waals surface area contributed by atoms with Gasteiger partial charge in [-0.1, -0.05) is 133 Å². The fourth-order valence-corrected chi connectivity index (χ4v) is 10.6. The van der Waals surface area contributed by atoms with Crippen molar-refractivity contribution in [2.45, 2.75) is 39.7 Å². The Morgan fingerprint density at radius 1 is 0.463 bits per heavy atom. The van der Waals surface area contributed by atoms with Crippen LogP contribution in [0.1, 0.15) is 37.1 Å². The minimum absolute atomic E-state index is 0.183. The van der Waals surface area contributed by atoms with E-state index in [4.69, 9.17) is 0 Å². The maximum atomic E-state index is 2.51. The van der Waals surface area contributed by atoms with E-state index in [0.717, 1.165) is 29.9 Å². The second-order valence-corrected chi connectivity index (χ2v) is 18.4. The number of para-hydroxylation sites is 3. The Labute approximate surface area is 393 Å². The molecule has 0 spiro atoms. The number of rotatable bonds is 9. The van der Waals surface area contributed by atoms with Gasteiger partial charge in [-0.05, 0) is 159 Å². The molecule has 4 heteroatoms. The van der Waals surface area contributed by atoms with E-state index < -0.39 is 0 Å². The zero-order valence-electron chi connectivity index (χ0n) is 38.2. The van der Waals surface area contributed by atoms with Gasteiger partial charge in [0.15, 0.2) is 0 Å². The molecular formula is C63H52N4. The van der Waals surface area contributed by atoms with Gasteiger partial charge >= 0.3 is 0 Å². The van der Waals surface area contributed by atoms with Gasteiger partial charge in [-0.25, -0.2) is 0 Å². The van der Waals surface area contributed by atoms with E-state index in [9.17, 15) is 0 Å². The van der Waals surface area contributed by atoms with Gasteiger partial charge in [0.1, 0.15) is 0 Å². The van der Waals surface area contributed by atoms with Crippen molar-refractivity contribution in [1.82, 2.24) is 9.13 Å². The minimum atomic E-state index is 0.183. The normalized spacial score (nSPS) is 15.5. The van der Waals surface area contributed by atoms with Crippen LogP contribution in [0.3, 0.4) is 0 Å². The molecule has 4 nitrogen and oxygen atoms in total. The van der Waals surface area contributed by atoms with Gasteiger partial charge in [-0.15, -0.1) is 0 Å². The van der Waals surface area contributed by atoms with Crippen LogP contribution >= 0.6 is 0 Å². The molecule has 0 aliphatic heterocycles. The maximum Gasteiger partial charge on any atom is 0.0560 e. The number of hydrogen-bond acceptors (Lipinski definition) is 2. The van der Waals surface area contributed by atoms with Crippen LogP contribution in [0.25, 0.3) is 61.3 Å². The Bertz CT molecular complexity index is 3530. The van der Waals surface area contributed by atoms with Gasteiger partial charge in [0.2, 0.25) is 0 Å². The molecule has 10 aromatic rings. The number of anilines is 5. The fraction of sp³-hybridized carbons (Fsp3) is 0.111. The van der Waals surface area contributed by atoms with Crippen molar-refractivity contribution >= 4 is 67.2 Å². The molecule has 2 heterocycles. The lowest BCUT2D eigenvalue weighted by atomic mass is 9.93. The van der Waals surface area contributed by atoms with Crippen LogP contribution in [0, 0.1) is 12.8 Å². The molecule has 0 bridgehead atoms. The third kappa shape index (κ3) is 7.26. The van der Waals surface area contributed by atoms with Gasteiger partial charge in [-0.3, -0.25) is 0 Å². The number of allylic oxidation sites excluding steroid dienone is 3. The minimum Gasteiger partial charge on any atom is -0.334 e. The Morgan fingerprint density at radius 3 is 1.69 bits per heavy atom. The van der Waals surface area contributed by atoms with Gasteiger partial charge < -0.3 is 18.9 Å². The fourth-order valence-electron chi connectivity index (χ4n) is 10.6. The molecule has 8 aromatic carbocycles. The van der Waals surface area contributed by atoms with E-state index >= 15 is 0 Å². The predicted molar refractivity (Wildman–Crippen MR) is 284 cm³/mol. The molecule has 0 saturated heterocycles. The summed E-state index contributed by atoms with van der Waals surface area (Å²) < 4.78 is 4.82. The van der Waals surface area contributed by atoms with Crippen molar-refractivity contribution in [2.75, 3.05) is 9.80 Å². The van der Waals surface area contributed by atoms with Crippen molar-refractivity contribution in [3.05, 3.63) is 241 Å². The quantitative estimate of drug-likeness (QED) is 0.144. The number of aromatic nitrogens is 2. The van der Waals surface area contributed by atoms with E-state index in [1.807, 2.05) is 0 Å². The van der Waals surface area contributed by atoms with Gasteiger partial charge in [0.25, 0.3) is 0 Å². The molecule has 67 heavy (non-hydrogen) atoms. The molecule has 12 rings (SSSR count). The molecule has 2 atom stereocenters. The van der Waals surface area contributed by atoms with Crippen LogP contribution in [0.5, 0.6) is 0 Å². The summed E-state index contributed by atoms with van der Waals surface area (Å²) in [4.78, 5) is 4.92. The smallest absolute Gasteiger partial charge is 0.0560 e. The molecule has 2 aliphatic carbocycles. The number of benzene rings is 8. The van der Waals surface area contributed by atoms with Crippen LogP contribution in [-0.4, -0.2) is 15.2 Å². The monoisotopic (exact) mass is 864 g/mol. The predicted octanol–water partition coefficient (Wildman–Crippen LogP) is 16.8. The Balaban J connectivity index is 0.901. The van der Waals surface area contributed by atoms with Gasteiger partial charge in [0.05, 0.1) is 22.6 Å². The molecule has 0 fully saturated rings. The van der Waals surface area contributed by atoms with Crippen molar-refractivity contribution < 1.29 is 0 Å². The molecule has 2 aromatic heterocycles. The van der Waals surface area contributed by atoms with Crippen molar-refractivity contribution in [2.24, 2.45) is 5.92 Å². The highest BCUT2D eigenvalue weighted by Crippen LogP contribution is 2.43. The first-order valence-electron chi connectivity index (χ1n) is 23.7. The van der Waals surface area contributed by atoms with Gasteiger partial charge in [0, 0.05) is 61.7 Å². The van der Waals surface area contributed by atoms with Crippen molar-refractivity contribution in [3.63, 3.8) is 0 Å². The number of aryl methyl sites for hydroxylation is 1. The van der Waals surface area contributed by atoms with Crippen LogP contribution < -0.4 is 9.80 Å². The van der Waals surface area contributed by atoms with Crippen LogP contribution in [0.4, 0.5) is 28.4 Å². The lowest BCUT2D eigenvalue weighted by molar-refractivity contribution is 0.718. The first-order chi connectivity index (χ1) is 32.9. The second kappa shape index (κ2) is 16.7. The van der Waals surface area contributed by atoms with E-state index in [1.54, 1.807) is 0 Å². The zero-order valence-corrected chi connectivity index (χ0v) is 38.2. The largest absolute Gasteiger partial charge is 0.334 e. The summed E-state index contributed by atoms with van der Waals surface area (Å²) >= 11 is 0. The summed E-state index contributed by atoms with van der Waals surface area (Å²) in [6.07, 6.45) is 13.6. The number of hydrogen-bond donors (Lipinski definition) is 0. The third-order valence-electron chi connectivity index (χ3n) is 13.9. The summed E-state index contributed by atoms with van der Waals surface area (Å²) in [5.41, 5.74) is 19.4. The zero-order chi connectivity index (χ0) is 45.0. The van der Waals surface area contributed by atoms with Crippen molar-refractivity contribution in [3.8, 4) is 22.5 Å². The molecule has 324 valence electrons. The van der Waals surface area contributed by atoms with Crippen LogP contribution in [0.2, 0.25) is 0 Å². The summed E-state index contributed by atoms with van der Waals surface area (Å²) in [6.45, 7) is 6.66. The summed E-state index contributed by atoms with van der Waals surface area (Å²) in [7, 11) is 0. The summed E-state index contributed by atoms with van der Waals surface area (Å²) in [5, 5.41) is 3.82. The van der Waals surface area contributed by atoms with E-state index in [0.29, 0.717) is 5.92 Å². The lowest BCUT2D eigenvalue weighted by Gasteiger charge is -2.33. The van der Waals surface area contributed by atoms with Crippen LogP contribution in [-0.2, 0) is 6.42 Å². The standard InChI is InChI=1S/C63H52N4/c1-43-18-27-50(28-19-43)64(54-35-38-62-58(41-54)56-16-10-11-17-60(56)66(62)48-12-6-4-7-13-48)52-31-23-46(24-32-52)47-25-33-53(34-26-47)65(51-29-20-44(2)21-30-51)55-36-39-63-59(42-55)57-40-45(3)22-37-61(57)67(63)49-14-8-5-9-15-49/h4-27,29-39,41-42,45,50H,28,40H2,1-3H3. The number of nitrogens with zero attached hydrogens (tertiary/aromatic N) is 4. The molecular weight excluding hydrogens is 813 g/mol. The molecule has 0 radical (unpaired) electrons. The SMILES string of the molecule is CC1=CCC(N(c2ccc(-c3ccc(N(c4ccc(C)cc4)c4ccc5c(c4)c4c(n5-c5ccccc5)C=CC(C)C4)cc3)cc2)c2ccc3c(c2)c2ccccc2n3-c2ccccc2)C=C1. The first-order valence-corrected chi connectivity index (χ1v) is 23.7. The Morgan fingerprint density at radius 2 is 1.01 bits per heavy atom. The highest BCUT2D eigenvalue weighted by molar-refractivity contribution is 6.10. The molecule has 0 saturated carbocycles. The highest BCUT2D eigenvalue weighted by atomic mass is 15.2. The van der Waals surface area contributed by atoms with Crippen LogP contribution in [0.15, 0.2) is 224 Å². The third-order valence-corrected chi connectivity index (χ3v) is 13.9. The highest BCUT2D eigenvalue weighted by Gasteiger charge is 2.25. The van der Waals surface area contributed by atoms with Crippen molar-refractivity contribution in [1.29, 1.82) is 0 Å². The Hall–Kier alpha value is -8.08. The summed E-state index contributed by atoms with van der Waals surface area (Å²) in [5.74, 6) is 0.484. The average Bonchev–Trinajstić information content (AvgIpc) is 3.88. The van der Waals surface area contributed by atoms with E-state index in [2.05, 4.69) is 264 Å².